The second kappa shape index (κ2) is 7.13. The number of carbonyl (C=O) groups is 1. The highest BCUT2D eigenvalue weighted by atomic mass is 16.3. The number of carbonyl (C=O) groups excluding carboxylic acids is 1. The predicted molar refractivity (Wildman–Crippen MR) is 58.7 cm³/mol. The largest absolute Gasteiger partial charge is 0.508 e. The molecule has 0 radical (unpaired) electrons. The van der Waals surface area contributed by atoms with Gasteiger partial charge in [-0.25, -0.2) is 0 Å². The van der Waals surface area contributed by atoms with E-state index in [1.165, 1.54) is 18.6 Å². The summed E-state index contributed by atoms with van der Waals surface area (Å²) in [6.07, 6.45) is 1.75. The molecule has 0 fully saturated rings. The van der Waals surface area contributed by atoms with Gasteiger partial charge in [0.2, 0.25) is 0 Å². The number of phenols is 1. The van der Waals surface area contributed by atoms with Gasteiger partial charge < -0.3 is 5.11 Å². The van der Waals surface area contributed by atoms with Crippen molar-refractivity contribution in [3.63, 3.8) is 0 Å². The highest BCUT2D eigenvalue weighted by Gasteiger charge is 2.00. The molecule has 0 saturated heterocycles. The minimum Gasteiger partial charge on any atom is -0.508 e. The number of rotatable bonds is 2. The van der Waals surface area contributed by atoms with E-state index in [1.807, 2.05) is 6.92 Å². The Kier molecular flexibility index (Phi) is 6.46. The molecule has 2 nitrogen and oxygen atoms in total. The highest BCUT2D eigenvalue weighted by Crippen LogP contribution is 2.10. The van der Waals surface area contributed by atoms with Crippen molar-refractivity contribution in [2.75, 3.05) is 0 Å². The van der Waals surface area contributed by atoms with E-state index in [-0.39, 0.29) is 11.5 Å². The van der Waals surface area contributed by atoms with Crippen molar-refractivity contribution in [2.24, 2.45) is 0 Å². The summed E-state index contributed by atoms with van der Waals surface area (Å²) in [6.45, 7) is 6.06. The normalized spacial score (nSPS) is 8.79. The Labute approximate surface area is 85.6 Å². The molecule has 1 N–H and O–H groups in total. The van der Waals surface area contributed by atoms with Crippen LogP contribution < -0.4 is 0 Å². The average molecular weight is 194 g/mol. The van der Waals surface area contributed by atoms with Crippen LogP contribution in [0.3, 0.4) is 0 Å². The van der Waals surface area contributed by atoms with Crippen molar-refractivity contribution in [1.29, 1.82) is 0 Å². The van der Waals surface area contributed by atoms with E-state index in [1.54, 1.807) is 12.1 Å². The molecule has 78 valence electrons. The molecule has 1 rings (SSSR count). The van der Waals surface area contributed by atoms with Gasteiger partial charge in [-0.1, -0.05) is 27.2 Å². The smallest absolute Gasteiger partial charge is 0.162 e. The first-order chi connectivity index (χ1) is 6.65. The first kappa shape index (κ1) is 12.7. The topological polar surface area (TPSA) is 37.3 Å². The zero-order chi connectivity index (χ0) is 11.0. The molecule has 0 heterocycles. The van der Waals surface area contributed by atoms with Gasteiger partial charge in [-0.3, -0.25) is 4.79 Å². The van der Waals surface area contributed by atoms with E-state index in [0.717, 1.165) is 0 Å². The van der Waals surface area contributed by atoms with Crippen molar-refractivity contribution in [3.8, 4) is 5.75 Å². The summed E-state index contributed by atoms with van der Waals surface area (Å²) in [5.74, 6) is 0.294. The number of benzene rings is 1. The minimum absolute atomic E-state index is 0.102. The van der Waals surface area contributed by atoms with Crippen molar-refractivity contribution >= 4 is 5.78 Å². The monoisotopic (exact) mass is 194 g/mol. The summed E-state index contributed by atoms with van der Waals surface area (Å²) in [7, 11) is 0. The third-order valence-electron chi connectivity index (χ3n) is 1.51. The van der Waals surface area contributed by atoms with Gasteiger partial charge >= 0.3 is 0 Å². The van der Waals surface area contributed by atoms with Crippen LogP contribution in [0.5, 0.6) is 5.75 Å². The zero-order valence-corrected chi connectivity index (χ0v) is 9.08. The summed E-state index contributed by atoms with van der Waals surface area (Å²) < 4.78 is 0. The summed E-state index contributed by atoms with van der Waals surface area (Å²) in [5, 5.41) is 8.90. The van der Waals surface area contributed by atoms with Gasteiger partial charge in [-0.2, -0.15) is 0 Å². The maximum atomic E-state index is 11.0. The lowest BCUT2D eigenvalue weighted by molar-refractivity contribution is 0.0988. The van der Waals surface area contributed by atoms with Crippen LogP contribution in [0.1, 0.15) is 44.0 Å². The molecule has 0 aliphatic carbocycles. The molecule has 2 heteroatoms. The van der Waals surface area contributed by atoms with Gasteiger partial charge in [-0.15, -0.1) is 0 Å². The average Bonchev–Trinajstić information content (AvgIpc) is 2.19. The van der Waals surface area contributed by atoms with E-state index in [4.69, 9.17) is 5.11 Å². The molecular formula is C12H18O2. The van der Waals surface area contributed by atoms with Crippen molar-refractivity contribution in [3.05, 3.63) is 29.8 Å². The highest BCUT2D eigenvalue weighted by molar-refractivity contribution is 5.95. The van der Waals surface area contributed by atoms with Crippen molar-refractivity contribution in [2.45, 2.75) is 33.6 Å². The Hall–Kier alpha value is -1.31. The lowest BCUT2D eigenvalue weighted by atomic mass is 10.1. The van der Waals surface area contributed by atoms with Crippen molar-refractivity contribution < 1.29 is 9.90 Å². The molecule has 0 aromatic heterocycles. The second-order valence-corrected chi connectivity index (χ2v) is 3.03. The fraction of sp³-hybridized carbons (Fsp3) is 0.417. The third-order valence-corrected chi connectivity index (χ3v) is 1.51. The number of aromatic hydroxyl groups is 1. The molecule has 0 atom stereocenters. The van der Waals surface area contributed by atoms with Gasteiger partial charge in [0.1, 0.15) is 5.75 Å². The Morgan fingerprint density at radius 1 is 1.14 bits per heavy atom. The molecule has 0 aliphatic rings. The Balaban J connectivity index is 0.000000500. The van der Waals surface area contributed by atoms with Crippen LogP contribution in [-0.2, 0) is 0 Å². The molecule has 1 aromatic carbocycles. The maximum Gasteiger partial charge on any atom is 0.162 e. The first-order valence-electron chi connectivity index (χ1n) is 4.97. The lowest BCUT2D eigenvalue weighted by Gasteiger charge is -1.96. The van der Waals surface area contributed by atoms with Gasteiger partial charge in [0.15, 0.2) is 5.78 Å². The first-order valence-corrected chi connectivity index (χ1v) is 4.97. The van der Waals surface area contributed by atoms with Gasteiger partial charge in [0.25, 0.3) is 0 Å². The molecule has 0 bridgehead atoms. The van der Waals surface area contributed by atoms with Crippen LogP contribution in [0.15, 0.2) is 24.3 Å². The molecule has 0 spiro atoms. The molecule has 0 aliphatic heterocycles. The van der Waals surface area contributed by atoms with Gasteiger partial charge in [0, 0.05) is 12.0 Å². The lowest BCUT2D eigenvalue weighted by Crippen LogP contribution is -1.94. The Bertz CT molecular complexity index is 262. The van der Waals surface area contributed by atoms with Gasteiger partial charge in [0.05, 0.1) is 0 Å². The predicted octanol–water partition coefficient (Wildman–Crippen LogP) is 3.40. The number of hydrogen-bond donors (Lipinski definition) is 1. The molecule has 0 saturated carbocycles. The SMILES string of the molecule is CCC.CCC(=O)c1ccc(O)cc1. The quantitative estimate of drug-likeness (QED) is 0.732. The summed E-state index contributed by atoms with van der Waals surface area (Å²) in [5.41, 5.74) is 0.658. The van der Waals surface area contributed by atoms with E-state index >= 15 is 0 Å². The second-order valence-electron chi connectivity index (χ2n) is 3.03. The number of phenolic OH excluding ortho intramolecular Hbond substituents is 1. The summed E-state index contributed by atoms with van der Waals surface area (Å²) in [6, 6.07) is 6.29. The van der Waals surface area contributed by atoms with Crippen LogP contribution in [0.2, 0.25) is 0 Å². The maximum absolute atomic E-state index is 11.0. The fourth-order valence-electron chi connectivity index (χ4n) is 0.851. The Morgan fingerprint density at radius 3 is 1.93 bits per heavy atom. The Morgan fingerprint density at radius 2 is 1.57 bits per heavy atom. The van der Waals surface area contributed by atoms with Crippen LogP contribution in [-0.4, -0.2) is 10.9 Å². The third kappa shape index (κ3) is 4.65. The number of Topliss-reactive ketones (excluding diaryl/α,β-unsaturated/α-hetero) is 1. The summed E-state index contributed by atoms with van der Waals surface area (Å²) in [4.78, 5) is 11.0. The fourth-order valence-corrected chi connectivity index (χ4v) is 0.851. The minimum atomic E-state index is 0.102. The summed E-state index contributed by atoms with van der Waals surface area (Å²) >= 11 is 0. The zero-order valence-electron chi connectivity index (χ0n) is 9.08. The van der Waals surface area contributed by atoms with Gasteiger partial charge in [-0.05, 0) is 24.3 Å². The van der Waals surface area contributed by atoms with Crippen LogP contribution >= 0.6 is 0 Å². The van der Waals surface area contributed by atoms with Crippen LogP contribution in [0.25, 0.3) is 0 Å². The van der Waals surface area contributed by atoms with Crippen molar-refractivity contribution in [1.82, 2.24) is 0 Å². The molecule has 0 amide bonds. The van der Waals surface area contributed by atoms with Crippen LogP contribution in [0, 0.1) is 0 Å². The molecule has 1 aromatic rings. The van der Waals surface area contributed by atoms with E-state index in [9.17, 15) is 4.79 Å². The van der Waals surface area contributed by atoms with Crippen LogP contribution in [0.4, 0.5) is 0 Å². The number of hydrogen-bond acceptors (Lipinski definition) is 2. The molecule has 0 unspecified atom stereocenters. The van der Waals surface area contributed by atoms with E-state index < -0.39 is 0 Å². The standard InChI is InChI=1S/C9H10O2.C3H8/c1-2-9(11)7-3-5-8(10)6-4-7;1-3-2/h3-6,10H,2H2,1H3;3H2,1-2H3. The number of ketones is 1. The molecule has 14 heavy (non-hydrogen) atoms. The van der Waals surface area contributed by atoms with E-state index in [0.29, 0.717) is 12.0 Å². The molecular weight excluding hydrogens is 176 g/mol. The van der Waals surface area contributed by atoms with E-state index in [2.05, 4.69) is 13.8 Å².